The maximum Gasteiger partial charge on any atom is 0.271 e. The van der Waals surface area contributed by atoms with Crippen molar-refractivity contribution >= 4 is 49.7 Å². The Morgan fingerprint density at radius 3 is 2.76 bits per heavy atom. The first-order chi connectivity index (χ1) is 11.7. The topological polar surface area (TPSA) is 89.5 Å². The molecule has 130 valence electrons. The van der Waals surface area contributed by atoms with Crippen molar-refractivity contribution in [1.82, 2.24) is 9.99 Å². The van der Waals surface area contributed by atoms with Gasteiger partial charge in [0.05, 0.1) is 31.2 Å². The number of halogens is 2. The average molecular weight is 470 g/mol. The number of carbonyl (C=O) groups excluding carboxylic acids is 1. The van der Waals surface area contributed by atoms with Crippen molar-refractivity contribution in [3.63, 3.8) is 0 Å². The van der Waals surface area contributed by atoms with Crippen LogP contribution in [0.2, 0.25) is 0 Å². The first-order valence-electron chi connectivity index (χ1n) is 7.38. The molecule has 0 radical (unpaired) electrons. The number of aromatic nitrogens is 1. The van der Waals surface area contributed by atoms with Gasteiger partial charge in [0.1, 0.15) is 0 Å². The van der Waals surface area contributed by atoms with E-state index >= 15 is 0 Å². The average Bonchev–Trinajstić information content (AvgIpc) is 2.90. The van der Waals surface area contributed by atoms with Gasteiger partial charge >= 0.3 is 0 Å². The van der Waals surface area contributed by atoms with Crippen molar-refractivity contribution in [3.8, 4) is 5.69 Å². The van der Waals surface area contributed by atoms with Gasteiger partial charge in [0, 0.05) is 18.3 Å². The molecule has 0 aliphatic heterocycles. The second-order valence-corrected chi connectivity index (χ2v) is 9.76. The number of hydrogen-bond acceptors (Lipinski definition) is 4. The van der Waals surface area contributed by atoms with E-state index in [0.29, 0.717) is 17.8 Å². The summed E-state index contributed by atoms with van der Waals surface area (Å²) in [7, 11) is 0. The second kappa shape index (κ2) is 6.38. The van der Waals surface area contributed by atoms with E-state index < -0.39 is 10.3 Å². The Morgan fingerprint density at radius 1 is 1.40 bits per heavy atom. The minimum atomic E-state index is -0.549. The van der Waals surface area contributed by atoms with E-state index in [-0.39, 0.29) is 14.8 Å². The van der Waals surface area contributed by atoms with Gasteiger partial charge in [-0.25, -0.2) is 5.43 Å². The molecule has 0 saturated heterocycles. The molecule has 0 spiro atoms. The highest BCUT2D eigenvalue weighted by atomic mass is 79.9. The number of nitrogens with zero attached hydrogens (tertiary/aromatic N) is 3. The second-order valence-electron chi connectivity index (χ2n) is 5.99. The highest BCUT2D eigenvalue weighted by Crippen LogP contribution is 2.66. The van der Waals surface area contributed by atoms with Crippen molar-refractivity contribution in [2.75, 3.05) is 0 Å². The Bertz CT molecular complexity index is 878. The molecule has 1 N–H and O–H groups in total. The lowest BCUT2D eigenvalue weighted by Gasteiger charge is -2.10. The fraction of sp³-hybridized carbons (Fsp3) is 0.250. The molecule has 1 aromatic heterocycles. The number of nitro groups is 1. The van der Waals surface area contributed by atoms with Gasteiger partial charge in [0.25, 0.3) is 5.69 Å². The fourth-order valence-corrected chi connectivity index (χ4v) is 3.90. The van der Waals surface area contributed by atoms with Gasteiger partial charge in [0.2, 0.25) is 5.91 Å². The zero-order valence-electron chi connectivity index (χ0n) is 13.1. The fourth-order valence-electron chi connectivity index (χ4n) is 2.42. The van der Waals surface area contributed by atoms with Crippen LogP contribution in [-0.4, -0.2) is 24.8 Å². The molecule has 7 nitrogen and oxygen atoms in total. The molecule has 9 heteroatoms. The van der Waals surface area contributed by atoms with E-state index in [1.54, 1.807) is 35.0 Å². The zero-order chi connectivity index (χ0) is 18.2. The summed E-state index contributed by atoms with van der Waals surface area (Å²) in [6.45, 7) is 1.84. The van der Waals surface area contributed by atoms with Crippen LogP contribution in [0.3, 0.4) is 0 Å². The summed E-state index contributed by atoms with van der Waals surface area (Å²) in [5, 5.41) is 14.9. The Labute approximate surface area is 160 Å². The molecule has 25 heavy (non-hydrogen) atoms. The molecule has 1 unspecified atom stereocenters. The SMILES string of the molecule is CC1(C(=O)N/N=C/c2cccn2-c2cccc([N+](=O)[O-])c2)CC1(Br)Br. The van der Waals surface area contributed by atoms with Crippen LogP contribution in [-0.2, 0) is 4.79 Å². The van der Waals surface area contributed by atoms with Crippen molar-refractivity contribution in [1.29, 1.82) is 0 Å². The number of alkyl halides is 2. The van der Waals surface area contributed by atoms with Gasteiger partial charge in [-0.15, -0.1) is 0 Å². The summed E-state index contributed by atoms with van der Waals surface area (Å²) in [6.07, 6.45) is 3.95. The monoisotopic (exact) mass is 468 g/mol. The van der Waals surface area contributed by atoms with Crippen LogP contribution in [0, 0.1) is 15.5 Å². The minimum Gasteiger partial charge on any atom is -0.315 e. The standard InChI is InChI=1S/C16H14Br2N4O3/c1-15(10-16(15,17)18)14(23)20-19-9-13-6-3-7-21(13)11-4-2-5-12(8-11)22(24)25/h2-9H,10H2,1H3,(H,20,23)/b19-9+. The molecule has 0 bridgehead atoms. The Morgan fingerprint density at radius 2 is 2.12 bits per heavy atom. The molecule has 1 fully saturated rings. The summed E-state index contributed by atoms with van der Waals surface area (Å²) < 4.78 is 1.37. The molecule has 3 rings (SSSR count). The van der Waals surface area contributed by atoms with Crippen molar-refractivity contribution in [2.45, 2.75) is 16.6 Å². The van der Waals surface area contributed by atoms with Gasteiger partial charge in [-0.3, -0.25) is 14.9 Å². The number of carbonyl (C=O) groups is 1. The van der Waals surface area contributed by atoms with Crippen LogP contribution < -0.4 is 5.43 Å². The smallest absolute Gasteiger partial charge is 0.271 e. The lowest BCUT2D eigenvalue weighted by atomic mass is 10.1. The molecule has 1 aromatic carbocycles. The predicted molar refractivity (Wildman–Crippen MR) is 101 cm³/mol. The van der Waals surface area contributed by atoms with E-state index in [1.165, 1.54) is 18.3 Å². The molecule has 2 aromatic rings. The van der Waals surface area contributed by atoms with Crippen LogP contribution >= 0.6 is 31.9 Å². The molecule has 1 saturated carbocycles. The van der Waals surface area contributed by atoms with E-state index in [4.69, 9.17) is 0 Å². The number of benzene rings is 1. The van der Waals surface area contributed by atoms with E-state index in [1.807, 2.05) is 6.92 Å². The van der Waals surface area contributed by atoms with Crippen LogP contribution in [0.25, 0.3) is 5.69 Å². The molecule has 1 heterocycles. The Balaban J connectivity index is 1.75. The van der Waals surface area contributed by atoms with Crippen LogP contribution in [0.5, 0.6) is 0 Å². The van der Waals surface area contributed by atoms with Gasteiger partial charge in [0.15, 0.2) is 0 Å². The van der Waals surface area contributed by atoms with Crippen molar-refractivity contribution in [2.24, 2.45) is 10.5 Å². The van der Waals surface area contributed by atoms with E-state index in [9.17, 15) is 14.9 Å². The largest absolute Gasteiger partial charge is 0.315 e. The summed E-state index contributed by atoms with van der Waals surface area (Å²) in [4.78, 5) is 22.7. The number of nitro benzene ring substituents is 1. The van der Waals surface area contributed by atoms with E-state index in [0.717, 1.165) is 0 Å². The van der Waals surface area contributed by atoms with Gasteiger partial charge in [-0.1, -0.05) is 37.9 Å². The summed E-state index contributed by atoms with van der Waals surface area (Å²) >= 11 is 6.89. The first-order valence-corrected chi connectivity index (χ1v) is 8.97. The number of hydrazone groups is 1. The van der Waals surface area contributed by atoms with Crippen molar-refractivity contribution in [3.05, 3.63) is 58.4 Å². The number of non-ortho nitro benzene ring substituents is 1. The Kier molecular flexibility index (Phi) is 4.54. The predicted octanol–water partition coefficient (Wildman–Crippen LogP) is 3.73. The maximum absolute atomic E-state index is 12.2. The minimum absolute atomic E-state index is 0.00929. The summed E-state index contributed by atoms with van der Waals surface area (Å²) in [5.41, 5.74) is 3.32. The molecule has 1 aliphatic carbocycles. The third kappa shape index (κ3) is 3.38. The lowest BCUT2D eigenvalue weighted by Crippen LogP contribution is -2.29. The van der Waals surface area contributed by atoms with E-state index in [2.05, 4.69) is 42.4 Å². The summed E-state index contributed by atoms with van der Waals surface area (Å²) in [6, 6.07) is 9.89. The lowest BCUT2D eigenvalue weighted by molar-refractivity contribution is -0.384. The molecule has 1 amide bonds. The first kappa shape index (κ1) is 17.8. The highest BCUT2D eigenvalue weighted by Gasteiger charge is 2.66. The molecular formula is C16H14Br2N4O3. The quantitative estimate of drug-likeness (QED) is 0.313. The van der Waals surface area contributed by atoms with Gasteiger partial charge in [-0.2, -0.15) is 5.10 Å². The summed E-state index contributed by atoms with van der Waals surface area (Å²) in [5.74, 6) is -0.189. The Hall–Kier alpha value is -2.00. The van der Waals surface area contributed by atoms with Crippen LogP contribution in [0.15, 0.2) is 47.7 Å². The van der Waals surface area contributed by atoms with Crippen LogP contribution in [0.4, 0.5) is 5.69 Å². The number of amides is 1. The normalized spacial score (nSPS) is 21.2. The molecular weight excluding hydrogens is 456 g/mol. The maximum atomic E-state index is 12.2. The number of hydrogen-bond donors (Lipinski definition) is 1. The third-order valence-electron chi connectivity index (χ3n) is 4.22. The van der Waals surface area contributed by atoms with Crippen molar-refractivity contribution < 1.29 is 9.72 Å². The third-order valence-corrected chi connectivity index (χ3v) is 6.53. The van der Waals surface area contributed by atoms with Gasteiger partial charge < -0.3 is 4.57 Å². The molecule has 1 aliphatic rings. The highest BCUT2D eigenvalue weighted by molar-refractivity contribution is 9.25. The number of nitrogens with one attached hydrogen (secondary N) is 1. The molecule has 1 atom stereocenters. The van der Waals surface area contributed by atoms with Gasteiger partial charge in [-0.05, 0) is 31.5 Å². The van der Waals surface area contributed by atoms with Crippen LogP contribution in [0.1, 0.15) is 19.0 Å². The number of rotatable bonds is 5. The zero-order valence-corrected chi connectivity index (χ0v) is 16.3.